The Kier molecular flexibility index (Phi) is 2.95. The van der Waals surface area contributed by atoms with Crippen LogP contribution in [0.2, 0.25) is 0 Å². The molecule has 0 aromatic carbocycles. The molecule has 90 valence electrons. The van der Waals surface area contributed by atoms with Crippen LogP contribution in [0.5, 0.6) is 0 Å². The molecular formula is C11H14N4O2. The minimum Gasteiger partial charge on any atom is -0.465 e. The van der Waals surface area contributed by atoms with Gasteiger partial charge < -0.3 is 15.5 Å². The molecule has 1 atom stereocenters. The number of carbonyl (C=O) groups is 1. The van der Waals surface area contributed by atoms with Crippen LogP contribution in [0.1, 0.15) is 25.6 Å². The zero-order valence-electron chi connectivity index (χ0n) is 9.73. The largest absolute Gasteiger partial charge is 0.465 e. The topological polar surface area (TPSA) is 93.9 Å². The summed E-state index contributed by atoms with van der Waals surface area (Å²) in [7, 11) is 0. The number of nitrogens with two attached hydrogens (primary N) is 1. The Hall–Kier alpha value is -2.11. The SMILES string of the molecule is CCOC(=O)C(C)c1nc2nc(N)ccc2[nH]1. The van der Waals surface area contributed by atoms with Crippen molar-refractivity contribution in [3.8, 4) is 0 Å². The van der Waals surface area contributed by atoms with Crippen LogP contribution in [0.15, 0.2) is 12.1 Å². The Labute approximate surface area is 98.2 Å². The van der Waals surface area contributed by atoms with Gasteiger partial charge in [-0.25, -0.2) is 9.97 Å². The average Bonchev–Trinajstić information content (AvgIpc) is 2.71. The summed E-state index contributed by atoms with van der Waals surface area (Å²) in [4.78, 5) is 22.9. The highest BCUT2D eigenvalue weighted by Gasteiger charge is 2.20. The lowest BCUT2D eigenvalue weighted by Crippen LogP contribution is -2.14. The predicted octanol–water partition coefficient (Wildman–Crippen LogP) is 1.21. The predicted molar refractivity (Wildman–Crippen MR) is 63.3 cm³/mol. The number of aromatic amines is 1. The Balaban J connectivity index is 2.33. The van der Waals surface area contributed by atoms with Crippen LogP contribution in [0.25, 0.3) is 11.2 Å². The monoisotopic (exact) mass is 234 g/mol. The molecule has 2 rings (SSSR count). The number of H-pyrrole nitrogens is 1. The molecule has 0 fully saturated rings. The van der Waals surface area contributed by atoms with E-state index in [0.29, 0.717) is 23.9 Å². The van der Waals surface area contributed by atoms with Crippen LogP contribution in [0.4, 0.5) is 5.82 Å². The van der Waals surface area contributed by atoms with Crippen molar-refractivity contribution in [2.75, 3.05) is 12.3 Å². The van der Waals surface area contributed by atoms with Crippen molar-refractivity contribution in [3.05, 3.63) is 18.0 Å². The van der Waals surface area contributed by atoms with Gasteiger partial charge in [0, 0.05) is 0 Å². The minimum absolute atomic E-state index is 0.306. The first-order chi connectivity index (χ1) is 8.11. The van der Waals surface area contributed by atoms with Gasteiger partial charge in [0.05, 0.1) is 12.1 Å². The van der Waals surface area contributed by atoms with E-state index in [0.717, 1.165) is 5.52 Å². The highest BCUT2D eigenvalue weighted by atomic mass is 16.5. The molecule has 1 unspecified atom stereocenters. The number of aromatic nitrogens is 3. The molecule has 2 aromatic rings. The third kappa shape index (κ3) is 2.20. The zero-order chi connectivity index (χ0) is 12.4. The van der Waals surface area contributed by atoms with Crippen LogP contribution in [-0.2, 0) is 9.53 Å². The van der Waals surface area contributed by atoms with Crippen LogP contribution >= 0.6 is 0 Å². The Bertz CT molecular complexity index is 549. The smallest absolute Gasteiger partial charge is 0.316 e. The number of carbonyl (C=O) groups excluding carboxylic acids is 1. The first kappa shape index (κ1) is 11.4. The maximum Gasteiger partial charge on any atom is 0.316 e. The van der Waals surface area contributed by atoms with Gasteiger partial charge in [0.2, 0.25) is 0 Å². The van der Waals surface area contributed by atoms with E-state index in [2.05, 4.69) is 15.0 Å². The second-order valence-corrected chi connectivity index (χ2v) is 3.70. The van der Waals surface area contributed by atoms with Gasteiger partial charge in [-0.3, -0.25) is 4.79 Å². The lowest BCUT2D eigenvalue weighted by molar-refractivity contribution is -0.144. The molecule has 2 aromatic heterocycles. The highest BCUT2D eigenvalue weighted by molar-refractivity contribution is 5.79. The molecule has 0 bridgehead atoms. The molecule has 0 saturated carbocycles. The zero-order valence-corrected chi connectivity index (χ0v) is 9.73. The number of rotatable bonds is 3. The van der Waals surface area contributed by atoms with Gasteiger partial charge in [0.15, 0.2) is 5.65 Å². The van der Waals surface area contributed by atoms with Crippen molar-refractivity contribution in [1.29, 1.82) is 0 Å². The lowest BCUT2D eigenvalue weighted by Gasteiger charge is -2.06. The molecule has 6 nitrogen and oxygen atoms in total. The normalized spacial score (nSPS) is 12.6. The summed E-state index contributed by atoms with van der Waals surface area (Å²) < 4.78 is 4.93. The van der Waals surface area contributed by atoms with Gasteiger partial charge in [0.25, 0.3) is 0 Å². The second kappa shape index (κ2) is 4.40. The first-order valence-corrected chi connectivity index (χ1v) is 5.40. The van der Waals surface area contributed by atoms with Gasteiger partial charge in [-0.1, -0.05) is 0 Å². The second-order valence-electron chi connectivity index (χ2n) is 3.70. The van der Waals surface area contributed by atoms with Crippen LogP contribution in [-0.4, -0.2) is 27.5 Å². The van der Waals surface area contributed by atoms with E-state index < -0.39 is 5.92 Å². The van der Waals surface area contributed by atoms with Crippen molar-refractivity contribution < 1.29 is 9.53 Å². The van der Waals surface area contributed by atoms with Crippen LogP contribution < -0.4 is 5.73 Å². The van der Waals surface area contributed by atoms with E-state index in [-0.39, 0.29) is 5.97 Å². The summed E-state index contributed by atoms with van der Waals surface area (Å²) in [5, 5.41) is 0. The number of hydrogen-bond donors (Lipinski definition) is 2. The van der Waals surface area contributed by atoms with Gasteiger partial charge in [-0.2, -0.15) is 0 Å². The van der Waals surface area contributed by atoms with E-state index >= 15 is 0 Å². The maximum absolute atomic E-state index is 11.6. The molecule has 3 N–H and O–H groups in total. The number of nitrogens with one attached hydrogen (secondary N) is 1. The first-order valence-electron chi connectivity index (χ1n) is 5.40. The van der Waals surface area contributed by atoms with Crippen LogP contribution in [0.3, 0.4) is 0 Å². The Morgan fingerprint density at radius 3 is 3.00 bits per heavy atom. The molecule has 6 heteroatoms. The van der Waals surface area contributed by atoms with Crippen molar-refractivity contribution in [1.82, 2.24) is 15.0 Å². The summed E-state index contributed by atoms with van der Waals surface area (Å²) >= 11 is 0. The fourth-order valence-electron chi connectivity index (χ4n) is 1.51. The number of pyridine rings is 1. The Morgan fingerprint density at radius 1 is 1.53 bits per heavy atom. The number of hydrogen-bond acceptors (Lipinski definition) is 5. The average molecular weight is 234 g/mol. The summed E-state index contributed by atoms with van der Waals surface area (Å²) in [6.07, 6.45) is 0. The number of ether oxygens (including phenoxy) is 1. The molecule has 0 saturated heterocycles. The number of esters is 1. The Morgan fingerprint density at radius 2 is 2.29 bits per heavy atom. The molecule has 0 amide bonds. The summed E-state index contributed by atoms with van der Waals surface area (Å²) in [5.74, 6) is 0.195. The number of nitrogens with zero attached hydrogens (tertiary/aromatic N) is 2. The summed E-state index contributed by atoms with van der Waals surface area (Å²) in [5.41, 5.74) is 6.83. The van der Waals surface area contributed by atoms with E-state index in [9.17, 15) is 4.79 Å². The minimum atomic E-state index is -0.439. The lowest BCUT2D eigenvalue weighted by atomic mass is 10.2. The number of imidazole rings is 1. The molecule has 0 aliphatic carbocycles. The molecule has 0 radical (unpaired) electrons. The van der Waals surface area contributed by atoms with Gasteiger partial charge in [-0.15, -0.1) is 0 Å². The number of anilines is 1. The van der Waals surface area contributed by atoms with Crippen molar-refractivity contribution in [2.45, 2.75) is 19.8 Å². The van der Waals surface area contributed by atoms with Crippen molar-refractivity contribution in [2.24, 2.45) is 0 Å². The molecular weight excluding hydrogens is 220 g/mol. The number of nitrogen functional groups attached to an aromatic ring is 1. The van der Waals surface area contributed by atoms with Gasteiger partial charge >= 0.3 is 5.97 Å². The summed E-state index contributed by atoms with van der Waals surface area (Å²) in [6.45, 7) is 3.86. The summed E-state index contributed by atoms with van der Waals surface area (Å²) in [6, 6.07) is 3.46. The van der Waals surface area contributed by atoms with E-state index in [1.165, 1.54) is 0 Å². The van der Waals surface area contributed by atoms with E-state index in [4.69, 9.17) is 10.5 Å². The molecule has 2 heterocycles. The van der Waals surface area contributed by atoms with Gasteiger partial charge in [0.1, 0.15) is 17.6 Å². The van der Waals surface area contributed by atoms with Crippen molar-refractivity contribution >= 4 is 23.0 Å². The van der Waals surface area contributed by atoms with Crippen molar-refractivity contribution in [3.63, 3.8) is 0 Å². The molecule has 0 aliphatic heterocycles. The van der Waals surface area contributed by atoms with E-state index in [1.54, 1.807) is 26.0 Å². The maximum atomic E-state index is 11.6. The molecule has 0 spiro atoms. The number of fused-ring (bicyclic) bond motifs is 1. The highest BCUT2D eigenvalue weighted by Crippen LogP contribution is 2.18. The standard InChI is InChI=1S/C11H14N4O2/c1-3-17-11(16)6(2)9-13-7-4-5-8(12)14-10(7)15-9/h4-6H,3H2,1-2H3,(H3,12,13,14,15). The van der Waals surface area contributed by atoms with Gasteiger partial charge in [-0.05, 0) is 26.0 Å². The third-order valence-electron chi connectivity index (χ3n) is 2.44. The van der Waals surface area contributed by atoms with E-state index in [1.807, 2.05) is 0 Å². The third-order valence-corrected chi connectivity index (χ3v) is 2.44. The molecule has 17 heavy (non-hydrogen) atoms. The fraction of sp³-hybridized carbons (Fsp3) is 0.364. The quantitative estimate of drug-likeness (QED) is 0.778. The molecule has 0 aliphatic rings. The van der Waals surface area contributed by atoms with Crippen LogP contribution in [0, 0.1) is 0 Å². The fourth-order valence-corrected chi connectivity index (χ4v) is 1.51.